The summed E-state index contributed by atoms with van der Waals surface area (Å²) in [5, 5.41) is 10.1. The molecule has 0 bridgehead atoms. The van der Waals surface area contributed by atoms with E-state index in [0.29, 0.717) is 6.54 Å². The number of carboxylic acid groups (broad SMARTS) is 1. The van der Waals surface area contributed by atoms with Crippen molar-refractivity contribution in [3.05, 3.63) is 0 Å². The first-order chi connectivity index (χ1) is 3.27. The van der Waals surface area contributed by atoms with Crippen LogP contribution >= 0.6 is 0 Å². The van der Waals surface area contributed by atoms with Crippen LogP contribution in [0.4, 0.5) is 4.79 Å². The molecule has 2 N–H and O–H groups in total. The maximum absolute atomic E-state index is 9.65. The molecule has 0 saturated heterocycles. The standard InChI is InChI=1S/C4H9NO2.Ag/c1-2-3-5-4(6)7;/h5H,2-3H2,1H3,(H,6,7);. The monoisotopic (exact) mass is 210 g/mol. The summed E-state index contributed by atoms with van der Waals surface area (Å²) in [6.07, 6.45) is -0.0893. The number of hydrogen-bond acceptors (Lipinski definition) is 1. The Kier molecular flexibility index (Phi) is 9.55. The van der Waals surface area contributed by atoms with Crippen LogP contribution < -0.4 is 5.32 Å². The van der Waals surface area contributed by atoms with E-state index in [1.54, 1.807) is 0 Å². The number of nitrogens with one attached hydrogen (secondary N) is 1. The predicted octanol–water partition coefficient (Wildman–Crippen LogP) is 0.661. The van der Waals surface area contributed by atoms with Crippen molar-refractivity contribution in [3.63, 3.8) is 0 Å². The molecular formula is C4H9AgNO2. The van der Waals surface area contributed by atoms with Crippen LogP contribution in [0, 0.1) is 0 Å². The fraction of sp³-hybridized carbons (Fsp3) is 0.750. The van der Waals surface area contributed by atoms with Crippen molar-refractivity contribution in [3.8, 4) is 0 Å². The van der Waals surface area contributed by atoms with E-state index >= 15 is 0 Å². The predicted molar refractivity (Wildman–Crippen MR) is 26.3 cm³/mol. The fourth-order valence-electron chi connectivity index (χ4n) is 0.232. The van der Waals surface area contributed by atoms with E-state index in [1.807, 2.05) is 6.92 Å². The van der Waals surface area contributed by atoms with Crippen LogP contribution in [0.3, 0.4) is 0 Å². The molecule has 0 aliphatic carbocycles. The summed E-state index contributed by atoms with van der Waals surface area (Å²) < 4.78 is 0. The Labute approximate surface area is 64.0 Å². The van der Waals surface area contributed by atoms with Crippen LogP contribution in [0.25, 0.3) is 0 Å². The topological polar surface area (TPSA) is 49.3 Å². The summed E-state index contributed by atoms with van der Waals surface area (Å²) in [5.41, 5.74) is 0. The quantitative estimate of drug-likeness (QED) is 0.659. The van der Waals surface area contributed by atoms with Gasteiger partial charge in [-0.2, -0.15) is 0 Å². The van der Waals surface area contributed by atoms with Gasteiger partial charge in [0.15, 0.2) is 0 Å². The fourth-order valence-corrected chi connectivity index (χ4v) is 0.232. The molecule has 3 nitrogen and oxygen atoms in total. The van der Waals surface area contributed by atoms with Crippen molar-refractivity contribution < 1.29 is 32.3 Å². The molecule has 0 heterocycles. The Bertz CT molecular complexity index is 67.1. The van der Waals surface area contributed by atoms with Crippen molar-refractivity contribution in [2.24, 2.45) is 0 Å². The minimum absolute atomic E-state index is 0. The van der Waals surface area contributed by atoms with Gasteiger partial charge in [0.25, 0.3) is 0 Å². The van der Waals surface area contributed by atoms with Gasteiger partial charge in [-0.3, -0.25) is 0 Å². The van der Waals surface area contributed by atoms with Gasteiger partial charge >= 0.3 is 6.09 Å². The summed E-state index contributed by atoms with van der Waals surface area (Å²) in [6, 6.07) is 0. The summed E-state index contributed by atoms with van der Waals surface area (Å²) in [7, 11) is 0. The molecule has 0 rings (SSSR count). The zero-order valence-corrected chi connectivity index (χ0v) is 6.05. The average molecular weight is 211 g/mol. The normalized spacial score (nSPS) is 7.12. The van der Waals surface area contributed by atoms with Crippen molar-refractivity contribution >= 4 is 6.09 Å². The Balaban J connectivity index is 0. The van der Waals surface area contributed by atoms with Gasteiger partial charge in [0.05, 0.1) is 0 Å². The summed E-state index contributed by atoms with van der Waals surface area (Å²) >= 11 is 0. The first kappa shape index (κ1) is 10.9. The molecule has 1 radical (unpaired) electrons. The van der Waals surface area contributed by atoms with E-state index in [4.69, 9.17) is 5.11 Å². The van der Waals surface area contributed by atoms with E-state index < -0.39 is 6.09 Å². The largest absolute Gasteiger partial charge is 0.465 e. The summed E-state index contributed by atoms with van der Waals surface area (Å²) in [4.78, 5) is 9.65. The van der Waals surface area contributed by atoms with E-state index in [0.717, 1.165) is 6.42 Å². The van der Waals surface area contributed by atoms with Crippen molar-refractivity contribution in [1.29, 1.82) is 0 Å². The SMILES string of the molecule is CCCNC(=O)O.[Ag]. The van der Waals surface area contributed by atoms with Gasteiger partial charge in [-0.15, -0.1) is 0 Å². The third-order valence-corrected chi connectivity index (χ3v) is 0.526. The molecule has 8 heavy (non-hydrogen) atoms. The zero-order valence-electron chi connectivity index (χ0n) is 4.57. The number of rotatable bonds is 2. The van der Waals surface area contributed by atoms with Crippen LogP contribution in [0.1, 0.15) is 13.3 Å². The van der Waals surface area contributed by atoms with E-state index in [-0.39, 0.29) is 22.4 Å². The molecule has 0 spiro atoms. The van der Waals surface area contributed by atoms with Gasteiger partial charge in [0.2, 0.25) is 0 Å². The van der Waals surface area contributed by atoms with Crippen molar-refractivity contribution in [2.45, 2.75) is 13.3 Å². The van der Waals surface area contributed by atoms with Crippen LogP contribution in [0.2, 0.25) is 0 Å². The molecule has 0 fully saturated rings. The molecule has 0 saturated carbocycles. The molecule has 4 heteroatoms. The summed E-state index contributed by atoms with van der Waals surface area (Å²) in [5.74, 6) is 0. The molecular weight excluding hydrogens is 202 g/mol. The smallest absolute Gasteiger partial charge is 0.404 e. The average Bonchev–Trinajstić information content (AvgIpc) is 1.61. The number of hydrogen-bond donors (Lipinski definition) is 2. The Morgan fingerprint density at radius 1 is 1.75 bits per heavy atom. The molecule has 0 aliphatic heterocycles. The minimum atomic E-state index is -0.943. The summed E-state index contributed by atoms with van der Waals surface area (Å²) in [6.45, 7) is 2.46. The van der Waals surface area contributed by atoms with Gasteiger partial charge in [0, 0.05) is 28.9 Å². The molecule has 0 atom stereocenters. The molecule has 0 aromatic carbocycles. The second kappa shape index (κ2) is 7.01. The number of carbonyl (C=O) groups is 1. The van der Waals surface area contributed by atoms with E-state index in [1.165, 1.54) is 0 Å². The Hall–Kier alpha value is 0.0103. The number of amides is 1. The molecule has 0 aromatic rings. The van der Waals surface area contributed by atoms with Gasteiger partial charge in [-0.05, 0) is 6.42 Å². The van der Waals surface area contributed by atoms with Crippen molar-refractivity contribution in [1.82, 2.24) is 5.32 Å². The second-order valence-corrected chi connectivity index (χ2v) is 1.23. The van der Waals surface area contributed by atoms with Gasteiger partial charge in [-0.1, -0.05) is 6.92 Å². The third-order valence-electron chi connectivity index (χ3n) is 0.526. The molecule has 0 unspecified atom stereocenters. The molecule has 1 amide bonds. The van der Waals surface area contributed by atoms with Crippen LogP contribution in [0.5, 0.6) is 0 Å². The zero-order chi connectivity index (χ0) is 5.70. The van der Waals surface area contributed by atoms with Gasteiger partial charge in [0.1, 0.15) is 0 Å². The van der Waals surface area contributed by atoms with Crippen LogP contribution in [-0.2, 0) is 22.4 Å². The first-order valence-electron chi connectivity index (χ1n) is 2.24. The maximum Gasteiger partial charge on any atom is 0.404 e. The maximum atomic E-state index is 9.65. The van der Waals surface area contributed by atoms with E-state index in [2.05, 4.69) is 5.32 Å². The van der Waals surface area contributed by atoms with Crippen LogP contribution in [0.15, 0.2) is 0 Å². The second-order valence-electron chi connectivity index (χ2n) is 1.23. The van der Waals surface area contributed by atoms with Gasteiger partial charge < -0.3 is 10.4 Å². The minimum Gasteiger partial charge on any atom is -0.465 e. The third kappa shape index (κ3) is 9.38. The first-order valence-corrected chi connectivity index (χ1v) is 2.24. The Morgan fingerprint density at radius 3 is 2.38 bits per heavy atom. The van der Waals surface area contributed by atoms with Gasteiger partial charge in [-0.25, -0.2) is 4.79 Å². The molecule has 0 aromatic heterocycles. The molecule has 53 valence electrons. The van der Waals surface area contributed by atoms with E-state index in [9.17, 15) is 4.79 Å². The van der Waals surface area contributed by atoms with Crippen LogP contribution in [-0.4, -0.2) is 17.7 Å². The van der Waals surface area contributed by atoms with Crippen molar-refractivity contribution in [2.75, 3.05) is 6.54 Å². The Morgan fingerprint density at radius 2 is 2.25 bits per heavy atom. The molecule has 0 aliphatic rings.